The summed E-state index contributed by atoms with van der Waals surface area (Å²) in [6, 6.07) is 74.0. The number of furan rings is 1. The molecule has 0 aliphatic heterocycles. The van der Waals surface area contributed by atoms with Gasteiger partial charge in [0.2, 0.25) is 0 Å². The molecule has 0 radical (unpaired) electrons. The van der Waals surface area contributed by atoms with Gasteiger partial charge in [-0.05, 0) is 76.5 Å². The average molecular weight is 703 g/mol. The number of aromatic nitrogens is 1. The minimum Gasteiger partial charge on any atom is -0.456 e. The molecule has 0 bridgehead atoms. The summed E-state index contributed by atoms with van der Waals surface area (Å²) < 4.78 is 8.81. The number of benzene rings is 9. The van der Waals surface area contributed by atoms with Crippen molar-refractivity contribution in [3.63, 3.8) is 0 Å². The zero-order valence-electron chi connectivity index (χ0n) is 29.9. The Bertz CT molecular complexity index is 3180. The molecular formula is C52H34N2O. The van der Waals surface area contributed by atoms with Crippen LogP contribution < -0.4 is 4.90 Å². The van der Waals surface area contributed by atoms with Gasteiger partial charge in [0.25, 0.3) is 0 Å². The number of hydrogen-bond acceptors (Lipinski definition) is 2. The fourth-order valence-corrected chi connectivity index (χ4v) is 8.63. The molecule has 0 aliphatic carbocycles. The molecule has 0 aliphatic rings. The van der Waals surface area contributed by atoms with Crippen LogP contribution in [0.15, 0.2) is 211 Å². The lowest BCUT2D eigenvalue weighted by atomic mass is 9.94. The lowest BCUT2D eigenvalue weighted by Gasteiger charge is -2.30. The Labute approximate surface area is 318 Å². The van der Waals surface area contributed by atoms with Crippen LogP contribution in [0.1, 0.15) is 0 Å². The largest absolute Gasteiger partial charge is 0.456 e. The topological polar surface area (TPSA) is 21.3 Å². The second-order valence-corrected chi connectivity index (χ2v) is 14.1. The van der Waals surface area contributed by atoms with Crippen molar-refractivity contribution in [3.05, 3.63) is 206 Å². The Morgan fingerprint density at radius 1 is 0.364 bits per heavy atom. The van der Waals surface area contributed by atoms with E-state index in [2.05, 4.69) is 210 Å². The van der Waals surface area contributed by atoms with E-state index < -0.39 is 0 Å². The zero-order chi connectivity index (χ0) is 36.3. The van der Waals surface area contributed by atoms with Gasteiger partial charge in [-0.25, -0.2) is 0 Å². The molecule has 0 amide bonds. The van der Waals surface area contributed by atoms with E-state index in [1.807, 2.05) is 6.07 Å². The molecule has 0 saturated carbocycles. The summed E-state index contributed by atoms with van der Waals surface area (Å²) in [5, 5.41) is 7.15. The minimum atomic E-state index is 0.879. The lowest BCUT2D eigenvalue weighted by Crippen LogP contribution is -2.13. The Kier molecular flexibility index (Phi) is 7.17. The molecule has 2 heterocycles. The third-order valence-electron chi connectivity index (χ3n) is 11.0. The Balaban J connectivity index is 1.21. The highest BCUT2D eigenvalue weighted by atomic mass is 16.3. The van der Waals surface area contributed by atoms with Crippen molar-refractivity contribution < 1.29 is 4.42 Å². The van der Waals surface area contributed by atoms with Gasteiger partial charge in [-0.15, -0.1) is 0 Å². The zero-order valence-corrected chi connectivity index (χ0v) is 29.9. The van der Waals surface area contributed by atoms with Crippen LogP contribution in [0.25, 0.3) is 82.5 Å². The van der Waals surface area contributed by atoms with Crippen LogP contribution in [-0.2, 0) is 0 Å². The Morgan fingerprint density at radius 2 is 0.873 bits per heavy atom. The van der Waals surface area contributed by atoms with Crippen LogP contribution in [-0.4, -0.2) is 4.57 Å². The van der Waals surface area contributed by atoms with E-state index in [0.717, 1.165) is 61.4 Å². The van der Waals surface area contributed by atoms with Crippen molar-refractivity contribution in [3.8, 4) is 27.9 Å². The first-order chi connectivity index (χ1) is 27.3. The minimum absolute atomic E-state index is 0.879. The van der Waals surface area contributed by atoms with Crippen molar-refractivity contribution in [1.82, 2.24) is 4.57 Å². The molecule has 3 heteroatoms. The number of nitrogens with zero attached hydrogens (tertiary/aromatic N) is 2. The Hall–Kier alpha value is -7.36. The maximum absolute atomic E-state index is 6.41. The van der Waals surface area contributed by atoms with Crippen LogP contribution in [0.4, 0.5) is 17.1 Å². The highest BCUT2D eigenvalue weighted by Crippen LogP contribution is 2.48. The number of hydrogen-bond donors (Lipinski definition) is 0. The summed E-state index contributed by atoms with van der Waals surface area (Å²) in [6.45, 7) is 0. The third-order valence-corrected chi connectivity index (χ3v) is 11.0. The van der Waals surface area contributed by atoms with Gasteiger partial charge in [0.05, 0.1) is 22.4 Å². The van der Waals surface area contributed by atoms with Crippen LogP contribution in [0.5, 0.6) is 0 Å². The smallest absolute Gasteiger partial charge is 0.136 e. The summed E-state index contributed by atoms with van der Waals surface area (Å²) in [6.07, 6.45) is 0. The van der Waals surface area contributed by atoms with E-state index in [1.54, 1.807) is 0 Å². The SMILES string of the molecule is c1cc(N(c2ccccc2-c2cccc3ccccc23)c2ccccc2-c2cccc3oc4ccccc4c23)cc(-n2c3ccccc3c3ccccc32)c1. The van der Waals surface area contributed by atoms with Crippen molar-refractivity contribution in [1.29, 1.82) is 0 Å². The third kappa shape index (κ3) is 4.98. The number of rotatable bonds is 6. The average Bonchev–Trinajstić information content (AvgIpc) is 3.80. The highest BCUT2D eigenvalue weighted by Gasteiger charge is 2.23. The van der Waals surface area contributed by atoms with E-state index >= 15 is 0 Å². The van der Waals surface area contributed by atoms with Gasteiger partial charge < -0.3 is 13.9 Å². The molecule has 0 N–H and O–H groups in total. The second kappa shape index (κ2) is 12.6. The fourth-order valence-electron chi connectivity index (χ4n) is 8.63. The summed E-state index contributed by atoms with van der Waals surface area (Å²) in [5.41, 5.74) is 13.1. The Morgan fingerprint density at radius 3 is 1.64 bits per heavy atom. The molecule has 2 aromatic heterocycles. The molecule has 0 atom stereocenters. The second-order valence-electron chi connectivity index (χ2n) is 14.1. The lowest BCUT2D eigenvalue weighted by molar-refractivity contribution is 0.669. The molecule has 0 saturated heterocycles. The maximum Gasteiger partial charge on any atom is 0.136 e. The van der Waals surface area contributed by atoms with E-state index in [0.29, 0.717) is 0 Å². The summed E-state index contributed by atoms with van der Waals surface area (Å²) >= 11 is 0. The van der Waals surface area contributed by atoms with Gasteiger partial charge in [-0.2, -0.15) is 0 Å². The predicted molar refractivity (Wildman–Crippen MR) is 231 cm³/mol. The standard InChI is InChI=1S/C52H34N2O/c1-2-20-38-35(16-1)17-13-26-39(38)40-21-3-8-28-46(40)53(36-18-14-19-37(34-36)54-47-29-9-4-22-41(47)42-23-5-10-30-48(42)54)49-31-11-6-24-43(49)44-27-15-33-51-52(44)45-25-7-12-32-50(45)55-51/h1-34H. The van der Waals surface area contributed by atoms with Gasteiger partial charge in [0.15, 0.2) is 0 Å². The van der Waals surface area contributed by atoms with Crippen molar-refractivity contribution >= 4 is 71.6 Å². The van der Waals surface area contributed by atoms with Gasteiger partial charge in [0.1, 0.15) is 11.2 Å². The summed E-state index contributed by atoms with van der Waals surface area (Å²) in [4.78, 5) is 2.45. The van der Waals surface area contributed by atoms with Gasteiger partial charge in [0, 0.05) is 44.0 Å². The number of anilines is 3. The van der Waals surface area contributed by atoms with Crippen molar-refractivity contribution in [2.24, 2.45) is 0 Å². The molecule has 0 unspecified atom stereocenters. The number of para-hydroxylation sites is 5. The van der Waals surface area contributed by atoms with E-state index in [1.165, 1.54) is 38.1 Å². The first-order valence-electron chi connectivity index (χ1n) is 18.8. The monoisotopic (exact) mass is 702 g/mol. The van der Waals surface area contributed by atoms with Crippen LogP contribution in [0.3, 0.4) is 0 Å². The number of fused-ring (bicyclic) bond motifs is 7. The van der Waals surface area contributed by atoms with E-state index in [4.69, 9.17) is 4.42 Å². The van der Waals surface area contributed by atoms with Crippen LogP contribution in [0.2, 0.25) is 0 Å². The molecule has 55 heavy (non-hydrogen) atoms. The molecule has 11 rings (SSSR count). The molecule has 0 spiro atoms. The van der Waals surface area contributed by atoms with Gasteiger partial charge >= 0.3 is 0 Å². The van der Waals surface area contributed by atoms with E-state index in [9.17, 15) is 0 Å². The molecular weight excluding hydrogens is 669 g/mol. The summed E-state index contributed by atoms with van der Waals surface area (Å²) in [7, 11) is 0. The molecule has 0 fully saturated rings. The van der Waals surface area contributed by atoms with Gasteiger partial charge in [-0.1, -0.05) is 152 Å². The van der Waals surface area contributed by atoms with Crippen LogP contribution in [0, 0.1) is 0 Å². The highest BCUT2D eigenvalue weighted by molar-refractivity contribution is 6.14. The first kappa shape index (κ1) is 31.2. The van der Waals surface area contributed by atoms with Crippen molar-refractivity contribution in [2.75, 3.05) is 4.90 Å². The maximum atomic E-state index is 6.41. The van der Waals surface area contributed by atoms with E-state index in [-0.39, 0.29) is 0 Å². The van der Waals surface area contributed by atoms with Crippen LogP contribution >= 0.6 is 0 Å². The molecule has 3 nitrogen and oxygen atoms in total. The predicted octanol–water partition coefficient (Wildman–Crippen LogP) is 14.6. The van der Waals surface area contributed by atoms with Gasteiger partial charge in [-0.3, -0.25) is 0 Å². The summed E-state index contributed by atoms with van der Waals surface area (Å²) in [5.74, 6) is 0. The molecule has 11 aromatic rings. The first-order valence-corrected chi connectivity index (χ1v) is 18.8. The fraction of sp³-hybridized carbons (Fsp3) is 0. The normalized spacial score (nSPS) is 11.6. The molecule has 9 aromatic carbocycles. The van der Waals surface area contributed by atoms with Crippen molar-refractivity contribution in [2.45, 2.75) is 0 Å². The quantitative estimate of drug-likeness (QED) is 0.172. The molecule has 258 valence electrons.